The van der Waals surface area contributed by atoms with Gasteiger partial charge in [-0.1, -0.05) is 6.07 Å². The number of aryl methyl sites for hydroxylation is 1. The minimum atomic E-state index is -0.200. The number of guanidine groups is 1. The standard InChI is InChI=1S/C18H26FN7/c1-13-23-24-17(25(13)3)11-21-18(20-2)22-15-7-5-9-26(12-15)16-8-4-6-14(19)10-16/h4,6,8,10,15H,5,7,9,11-12H2,1-3H3,(H2,20,21,22). The van der Waals surface area contributed by atoms with E-state index in [0.29, 0.717) is 6.54 Å². The van der Waals surface area contributed by atoms with E-state index >= 15 is 0 Å². The van der Waals surface area contributed by atoms with Gasteiger partial charge in [-0.3, -0.25) is 4.99 Å². The Kier molecular flexibility index (Phi) is 5.70. The van der Waals surface area contributed by atoms with Crippen LogP contribution in [0.5, 0.6) is 0 Å². The molecule has 2 heterocycles. The molecule has 0 saturated carbocycles. The Bertz CT molecular complexity index is 771. The molecule has 26 heavy (non-hydrogen) atoms. The Morgan fingerprint density at radius 2 is 2.23 bits per heavy atom. The number of aliphatic imine (C=N–C) groups is 1. The second kappa shape index (κ2) is 8.16. The zero-order chi connectivity index (χ0) is 18.5. The van der Waals surface area contributed by atoms with E-state index in [9.17, 15) is 4.39 Å². The number of benzene rings is 1. The molecule has 1 aliphatic rings. The summed E-state index contributed by atoms with van der Waals surface area (Å²) in [4.78, 5) is 6.52. The van der Waals surface area contributed by atoms with Gasteiger partial charge in [0.25, 0.3) is 0 Å². The van der Waals surface area contributed by atoms with Gasteiger partial charge in [0.2, 0.25) is 0 Å². The first kappa shape index (κ1) is 18.2. The normalized spacial score (nSPS) is 18.1. The third kappa shape index (κ3) is 4.30. The van der Waals surface area contributed by atoms with Crippen molar-refractivity contribution in [2.45, 2.75) is 32.4 Å². The average molecular weight is 359 g/mol. The van der Waals surface area contributed by atoms with Crippen molar-refractivity contribution >= 4 is 11.6 Å². The second-order valence-corrected chi connectivity index (χ2v) is 6.56. The molecular formula is C18H26FN7. The Morgan fingerprint density at radius 3 is 2.92 bits per heavy atom. The quantitative estimate of drug-likeness (QED) is 0.641. The van der Waals surface area contributed by atoms with E-state index in [4.69, 9.17) is 0 Å². The molecule has 1 aliphatic heterocycles. The van der Waals surface area contributed by atoms with Gasteiger partial charge in [0.1, 0.15) is 11.6 Å². The van der Waals surface area contributed by atoms with Gasteiger partial charge < -0.3 is 20.1 Å². The summed E-state index contributed by atoms with van der Waals surface area (Å²) in [5.41, 5.74) is 0.925. The Balaban J connectivity index is 1.57. The first-order valence-electron chi connectivity index (χ1n) is 8.89. The lowest BCUT2D eigenvalue weighted by molar-refractivity contribution is 0.467. The molecular weight excluding hydrogens is 333 g/mol. The number of piperidine rings is 1. The second-order valence-electron chi connectivity index (χ2n) is 6.56. The van der Waals surface area contributed by atoms with Gasteiger partial charge in [0.15, 0.2) is 11.8 Å². The van der Waals surface area contributed by atoms with Gasteiger partial charge in [-0.05, 0) is 38.0 Å². The van der Waals surface area contributed by atoms with Crippen molar-refractivity contribution in [2.24, 2.45) is 12.0 Å². The first-order chi connectivity index (χ1) is 12.6. The summed E-state index contributed by atoms with van der Waals surface area (Å²) in [6.07, 6.45) is 2.10. The molecule has 1 saturated heterocycles. The highest BCUT2D eigenvalue weighted by Gasteiger charge is 2.21. The predicted molar refractivity (Wildman–Crippen MR) is 101 cm³/mol. The Morgan fingerprint density at radius 1 is 1.38 bits per heavy atom. The third-order valence-electron chi connectivity index (χ3n) is 4.76. The smallest absolute Gasteiger partial charge is 0.191 e. The highest BCUT2D eigenvalue weighted by Crippen LogP contribution is 2.20. The lowest BCUT2D eigenvalue weighted by Crippen LogP contribution is -2.51. The van der Waals surface area contributed by atoms with E-state index in [-0.39, 0.29) is 11.9 Å². The van der Waals surface area contributed by atoms with Crippen LogP contribution < -0.4 is 15.5 Å². The van der Waals surface area contributed by atoms with E-state index in [1.807, 2.05) is 24.6 Å². The van der Waals surface area contributed by atoms with E-state index in [1.54, 1.807) is 19.2 Å². The highest BCUT2D eigenvalue weighted by atomic mass is 19.1. The van der Waals surface area contributed by atoms with Crippen LogP contribution in [0, 0.1) is 12.7 Å². The fourth-order valence-electron chi connectivity index (χ4n) is 3.16. The van der Waals surface area contributed by atoms with Crippen LogP contribution >= 0.6 is 0 Å². The maximum atomic E-state index is 13.5. The van der Waals surface area contributed by atoms with Gasteiger partial charge in [0.05, 0.1) is 6.54 Å². The third-order valence-corrected chi connectivity index (χ3v) is 4.76. The number of nitrogens with one attached hydrogen (secondary N) is 2. The predicted octanol–water partition coefficient (Wildman–Crippen LogP) is 1.60. The van der Waals surface area contributed by atoms with E-state index in [1.165, 1.54) is 6.07 Å². The van der Waals surface area contributed by atoms with Gasteiger partial charge in [0, 0.05) is 38.9 Å². The lowest BCUT2D eigenvalue weighted by atomic mass is 10.0. The van der Waals surface area contributed by atoms with Crippen LogP contribution in [0.2, 0.25) is 0 Å². The molecule has 0 spiro atoms. The minimum Gasteiger partial charge on any atom is -0.369 e. The molecule has 1 unspecified atom stereocenters. The zero-order valence-corrected chi connectivity index (χ0v) is 15.5. The maximum Gasteiger partial charge on any atom is 0.191 e. The van der Waals surface area contributed by atoms with E-state index < -0.39 is 0 Å². The number of anilines is 1. The van der Waals surface area contributed by atoms with Crippen molar-refractivity contribution in [1.82, 2.24) is 25.4 Å². The fourth-order valence-corrected chi connectivity index (χ4v) is 3.16. The maximum absolute atomic E-state index is 13.5. The molecule has 1 aromatic heterocycles. The molecule has 1 aromatic carbocycles. The summed E-state index contributed by atoms with van der Waals surface area (Å²) in [7, 11) is 3.70. The van der Waals surface area contributed by atoms with Crippen molar-refractivity contribution in [3.8, 4) is 0 Å². The van der Waals surface area contributed by atoms with Crippen molar-refractivity contribution in [2.75, 3.05) is 25.0 Å². The zero-order valence-electron chi connectivity index (χ0n) is 15.5. The number of hydrogen-bond acceptors (Lipinski definition) is 4. The number of nitrogens with zero attached hydrogens (tertiary/aromatic N) is 5. The SMILES string of the molecule is CN=C(NCc1nnc(C)n1C)NC1CCCN(c2cccc(F)c2)C1. The van der Waals surface area contributed by atoms with Crippen LogP contribution in [0.15, 0.2) is 29.3 Å². The molecule has 7 nitrogen and oxygen atoms in total. The largest absolute Gasteiger partial charge is 0.369 e. The molecule has 1 fully saturated rings. The summed E-state index contributed by atoms with van der Waals surface area (Å²) in [5.74, 6) is 2.27. The van der Waals surface area contributed by atoms with Crippen LogP contribution in [0.25, 0.3) is 0 Å². The fraction of sp³-hybridized carbons (Fsp3) is 0.500. The molecule has 1 atom stereocenters. The van der Waals surface area contributed by atoms with Crippen LogP contribution in [-0.2, 0) is 13.6 Å². The van der Waals surface area contributed by atoms with Crippen molar-refractivity contribution in [3.63, 3.8) is 0 Å². The Hall–Kier alpha value is -2.64. The van der Waals surface area contributed by atoms with Crippen LogP contribution in [-0.4, -0.2) is 46.9 Å². The highest BCUT2D eigenvalue weighted by molar-refractivity contribution is 5.80. The average Bonchev–Trinajstić information content (AvgIpc) is 2.97. The van der Waals surface area contributed by atoms with Crippen LogP contribution in [0.1, 0.15) is 24.5 Å². The summed E-state index contributed by atoms with van der Waals surface area (Å²) < 4.78 is 15.4. The molecule has 8 heteroatoms. The number of aromatic nitrogens is 3. The summed E-state index contributed by atoms with van der Waals surface area (Å²) in [6, 6.07) is 7.02. The topological polar surface area (TPSA) is 70.4 Å². The van der Waals surface area contributed by atoms with Crippen molar-refractivity contribution in [3.05, 3.63) is 41.7 Å². The monoisotopic (exact) mass is 359 g/mol. The summed E-state index contributed by atoms with van der Waals surface area (Å²) >= 11 is 0. The van der Waals surface area contributed by atoms with Gasteiger partial charge in [-0.2, -0.15) is 0 Å². The van der Waals surface area contributed by atoms with Gasteiger partial charge in [-0.25, -0.2) is 4.39 Å². The lowest BCUT2D eigenvalue weighted by Gasteiger charge is -2.35. The number of hydrogen-bond donors (Lipinski definition) is 2. The summed E-state index contributed by atoms with van der Waals surface area (Å²) in [6.45, 7) is 4.23. The van der Waals surface area contributed by atoms with Crippen molar-refractivity contribution in [1.29, 1.82) is 0 Å². The van der Waals surface area contributed by atoms with Crippen LogP contribution in [0.3, 0.4) is 0 Å². The molecule has 2 aromatic rings. The Labute approximate surface area is 153 Å². The first-order valence-corrected chi connectivity index (χ1v) is 8.89. The van der Waals surface area contributed by atoms with E-state index in [2.05, 4.69) is 30.7 Å². The molecule has 2 N–H and O–H groups in total. The molecule has 0 bridgehead atoms. The molecule has 140 valence electrons. The molecule has 0 aliphatic carbocycles. The number of halogens is 1. The van der Waals surface area contributed by atoms with Gasteiger partial charge >= 0.3 is 0 Å². The molecule has 0 amide bonds. The summed E-state index contributed by atoms with van der Waals surface area (Å²) in [5, 5.41) is 15.0. The minimum absolute atomic E-state index is 0.200. The van der Waals surface area contributed by atoms with E-state index in [0.717, 1.165) is 49.2 Å². The van der Waals surface area contributed by atoms with Gasteiger partial charge in [-0.15, -0.1) is 10.2 Å². The van der Waals surface area contributed by atoms with Crippen molar-refractivity contribution < 1.29 is 4.39 Å². The van der Waals surface area contributed by atoms with Crippen LogP contribution in [0.4, 0.5) is 10.1 Å². The molecule has 0 radical (unpaired) electrons. The number of rotatable bonds is 4. The molecule has 3 rings (SSSR count).